The summed E-state index contributed by atoms with van der Waals surface area (Å²) in [5.41, 5.74) is 0. The van der Waals surface area contributed by atoms with E-state index in [1.165, 1.54) is 19.3 Å². The van der Waals surface area contributed by atoms with Crippen LogP contribution in [0.2, 0.25) is 0 Å². The van der Waals surface area contributed by atoms with Crippen LogP contribution < -0.4 is 16.0 Å². The average molecular weight is 238 g/mol. The van der Waals surface area contributed by atoms with E-state index in [1.807, 2.05) is 0 Å². The molecule has 2 aliphatic rings. The predicted octanol–water partition coefficient (Wildman–Crippen LogP) is 0.373. The molecule has 1 unspecified atom stereocenters. The first-order chi connectivity index (χ1) is 8.24. The summed E-state index contributed by atoms with van der Waals surface area (Å²) in [6, 6.07) is 0.759. The van der Waals surface area contributed by atoms with E-state index in [0.29, 0.717) is 18.6 Å². The van der Waals surface area contributed by atoms with Crippen molar-refractivity contribution in [2.45, 2.75) is 51.1 Å². The Morgan fingerprint density at radius 2 is 2.18 bits per heavy atom. The number of hydrogen-bond acceptors (Lipinski definition) is 4. The standard InChI is InChI=1S/C12H22N4O/c1-9-7-13-12(15-9)14-8-11(17)16-10-5-3-2-4-6-10/h9-10H,2-8H2,1H3,(H,16,17)(H2,13,14,15). The van der Waals surface area contributed by atoms with Crippen molar-refractivity contribution in [2.24, 2.45) is 4.99 Å². The van der Waals surface area contributed by atoms with Crippen molar-refractivity contribution in [1.82, 2.24) is 16.0 Å². The fourth-order valence-electron chi connectivity index (χ4n) is 2.35. The van der Waals surface area contributed by atoms with E-state index in [-0.39, 0.29) is 5.91 Å². The van der Waals surface area contributed by atoms with Crippen LogP contribution in [0.1, 0.15) is 39.0 Å². The number of carbonyl (C=O) groups excluding carboxylic acids is 1. The minimum atomic E-state index is 0.0703. The van der Waals surface area contributed by atoms with E-state index in [0.717, 1.165) is 25.3 Å². The van der Waals surface area contributed by atoms with Crippen molar-refractivity contribution in [3.63, 3.8) is 0 Å². The van der Waals surface area contributed by atoms with Crippen LogP contribution in [-0.4, -0.2) is 37.0 Å². The fraction of sp³-hybridized carbons (Fsp3) is 0.833. The van der Waals surface area contributed by atoms with Crippen molar-refractivity contribution in [2.75, 3.05) is 13.1 Å². The van der Waals surface area contributed by atoms with Crippen LogP contribution in [0.3, 0.4) is 0 Å². The highest BCUT2D eigenvalue weighted by Crippen LogP contribution is 2.16. The van der Waals surface area contributed by atoms with Crippen LogP contribution in [0.4, 0.5) is 0 Å². The number of amides is 1. The summed E-state index contributed by atoms with van der Waals surface area (Å²) in [6.07, 6.45) is 6.04. The molecule has 1 amide bonds. The second-order valence-electron chi connectivity index (χ2n) is 4.99. The summed E-state index contributed by atoms with van der Waals surface area (Å²) < 4.78 is 0. The van der Waals surface area contributed by atoms with Crippen LogP contribution in [0, 0.1) is 0 Å². The smallest absolute Gasteiger partial charge is 0.239 e. The molecule has 96 valence electrons. The Morgan fingerprint density at radius 1 is 1.41 bits per heavy atom. The minimum absolute atomic E-state index is 0.0703. The molecule has 0 aromatic heterocycles. The average Bonchev–Trinajstić information content (AvgIpc) is 2.74. The van der Waals surface area contributed by atoms with Gasteiger partial charge in [-0.2, -0.15) is 0 Å². The molecule has 0 saturated heterocycles. The SMILES string of the molecule is CC1CN=C(NCC(=O)NC2CCCCC2)N1. The van der Waals surface area contributed by atoms with Gasteiger partial charge >= 0.3 is 0 Å². The van der Waals surface area contributed by atoms with Crippen LogP contribution in [0.25, 0.3) is 0 Å². The summed E-state index contributed by atoms with van der Waals surface area (Å²) >= 11 is 0. The van der Waals surface area contributed by atoms with Gasteiger partial charge in [0.2, 0.25) is 5.91 Å². The molecule has 5 heteroatoms. The molecule has 0 radical (unpaired) electrons. The Balaban J connectivity index is 1.63. The topological polar surface area (TPSA) is 65.5 Å². The molecule has 1 aliphatic carbocycles. The second kappa shape index (κ2) is 5.89. The highest BCUT2D eigenvalue weighted by molar-refractivity contribution is 5.87. The quantitative estimate of drug-likeness (QED) is 0.665. The zero-order valence-corrected chi connectivity index (χ0v) is 10.5. The van der Waals surface area contributed by atoms with E-state index >= 15 is 0 Å². The van der Waals surface area contributed by atoms with Gasteiger partial charge in [-0.15, -0.1) is 0 Å². The highest BCUT2D eigenvalue weighted by Gasteiger charge is 2.17. The van der Waals surface area contributed by atoms with E-state index < -0.39 is 0 Å². The lowest BCUT2D eigenvalue weighted by Gasteiger charge is -2.22. The van der Waals surface area contributed by atoms with Gasteiger partial charge < -0.3 is 16.0 Å². The zero-order valence-electron chi connectivity index (χ0n) is 10.5. The number of carbonyl (C=O) groups is 1. The first-order valence-corrected chi connectivity index (χ1v) is 6.58. The van der Waals surface area contributed by atoms with Crippen molar-refractivity contribution in [3.05, 3.63) is 0 Å². The third kappa shape index (κ3) is 3.91. The maximum absolute atomic E-state index is 11.7. The van der Waals surface area contributed by atoms with Gasteiger partial charge in [0.1, 0.15) is 0 Å². The normalized spacial score (nSPS) is 25.0. The molecular weight excluding hydrogens is 216 g/mol. The van der Waals surface area contributed by atoms with Crippen LogP contribution in [0.5, 0.6) is 0 Å². The van der Waals surface area contributed by atoms with Gasteiger partial charge in [0.15, 0.2) is 5.96 Å². The summed E-state index contributed by atoms with van der Waals surface area (Å²) in [7, 11) is 0. The predicted molar refractivity (Wildman–Crippen MR) is 67.9 cm³/mol. The number of rotatable bonds is 3. The first kappa shape index (κ1) is 12.2. The van der Waals surface area contributed by atoms with Gasteiger partial charge in [0, 0.05) is 12.1 Å². The third-order valence-corrected chi connectivity index (χ3v) is 3.29. The maximum Gasteiger partial charge on any atom is 0.239 e. The van der Waals surface area contributed by atoms with Gasteiger partial charge in [-0.1, -0.05) is 19.3 Å². The van der Waals surface area contributed by atoms with Crippen molar-refractivity contribution >= 4 is 11.9 Å². The van der Waals surface area contributed by atoms with Gasteiger partial charge in [-0.05, 0) is 19.8 Å². The number of guanidine groups is 1. The Hall–Kier alpha value is -1.26. The van der Waals surface area contributed by atoms with Crippen LogP contribution >= 0.6 is 0 Å². The molecule has 1 atom stereocenters. The lowest BCUT2D eigenvalue weighted by Crippen LogP contribution is -2.45. The summed E-state index contributed by atoms with van der Waals surface area (Å²) in [5.74, 6) is 0.817. The van der Waals surface area contributed by atoms with Gasteiger partial charge in [0.05, 0.1) is 13.1 Å². The number of nitrogens with zero attached hydrogens (tertiary/aromatic N) is 1. The monoisotopic (exact) mass is 238 g/mol. The molecule has 1 heterocycles. The van der Waals surface area contributed by atoms with E-state index in [2.05, 4.69) is 27.9 Å². The minimum Gasteiger partial charge on any atom is -0.352 e. The van der Waals surface area contributed by atoms with Crippen LogP contribution in [-0.2, 0) is 4.79 Å². The fourth-order valence-corrected chi connectivity index (χ4v) is 2.35. The molecule has 5 nitrogen and oxygen atoms in total. The molecular formula is C12H22N4O. The van der Waals surface area contributed by atoms with Gasteiger partial charge in [-0.25, -0.2) is 0 Å². The van der Waals surface area contributed by atoms with Crippen molar-refractivity contribution in [3.8, 4) is 0 Å². The molecule has 2 rings (SSSR count). The Labute approximate surface area is 102 Å². The molecule has 17 heavy (non-hydrogen) atoms. The van der Waals surface area contributed by atoms with E-state index in [9.17, 15) is 4.79 Å². The molecule has 1 aliphatic heterocycles. The number of nitrogens with one attached hydrogen (secondary N) is 3. The molecule has 1 saturated carbocycles. The molecule has 0 aromatic carbocycles. The van der Waals surface area contributed by atoms with Gasteiger partial charge in [-0.3, -0.25) is 9.79 Å². The zero-order chi connectivity index (χ0) is 12.1. The van der Waals surface area contributed by atoms with E-state index in [4.69, 9.17) is 0 Å². The molecule has 0 spiro atoms. The van der Waals surface area contributed by atoms with E-state index in [1.54, 1.807) is 0 Å². The van der Waals surface area contributed by atoms with Crippen molar-refractivity contribution < 1.29 is 4.79 Å². The molecule has 3 N–H and O–H groups in total. The summed E-state index contributed by atoms with van der Waals surface area (Å²) in [4.78, 5) is 15.9. The van der Waals surface area contributed by atoms with Crippen molar-refractivity contribution in [1.29, 1.82) is 0 Å². The Morgan fingerprint density at radius 3 is 2.82 bits per heavy atom. The molecule has 1 fully saturated rings. The number of aliphatic imine (C=N–C) groups is 1. The van der Waals surface area contributed by atoms with Gasteiger partial charge in [0.25, 0.3) is 0 Å². The third-order valence-electron chi connectivity index (χ3n) is 3.29. The first-order valence-electron chi connectivity index (χ1n) is 6.58. The largest absolute Gasteiger partial charge is 0.352 e. The number of hydrogen-bond donors (Lipinski definition) is 3. The molecule has 0 aromatic rings. The Bertz CT molecular complexity index is 297. The maximum atomic E-state index is 11.7. The Kier molecular flexibility index (Phi) is 4.23. The molecule has 0 bridgehead atoms. The summed E-state index contributed by atoms with van der Waals surface area (Å²) in [5, 5.41) is 9.27. The lowest BCUT2D eigenvalue weighted by atomic mass is 9.95. The highest BCUT2D eigenvalue weighted by atomic mass is 16.2. The lowest BCUT2D eigenvalue weighted by molar-refractivity contribution is -0.120. The second-order valence-corrected chi connectivity index (χ2v) is 4.99. The summed E-state index contributed by atoms with van der Waals surface area (Å²) in [6.45, 7) is 3.17. The van der Waals surface area contributed by atoms with Crippen LogP contribution in [0.15, 0.2) is 4.99 Å².